The number of rotatable bonds is 4. The molecule has 2 aliphatic rings. The first-order valence-corrected chi connectivity index (χ1v) is 23.3. The summed E-state index contributed by atoms with van der Waals surface area (Å²) in [5.74, 6) is 0. The number of aromatic nitrogens is 2. The van der Waals surface area contributed by atoms with Gasteiger partial charge in [0.05, 0.1) is 22.1 Å². The normalized spacial score (nSPS) is 13.6. The van der Waals surface area contributed by atoms with Gasteiger partial charge in [-0.1, -0.05) is 135 Å². The van der Waals surface area contributed by atoms with Crippen LogP contribution in [0.5, 0.6) is 0 Å². The molecule has 0 saturated carbocycles. The second-order valence-corrected chi connectivity index (χ2v) is 18.6. The Bertz CT molecular complexity index is 3710. The summed E-state index contributed by atoms with van der Waals surface area (Å²) in [6, 6.07) is 85.5. The molecule has 0 fully saturated rings. The van der Waals surface area contributed by atoms with Crippen molar-refractivity contribution in [2.45, 2.75) is 19.3 Å². The topological polar surface area (TPSA) is 16.3 Å². The smallest absolute Gasteiger partial charge is 0.0561 e. The van der Waals surface area contributed by atoms with Gasteiger partial charge < -0.3 is 18.9 Å². The number of hydrogen-bond donors (Lipinski definition) is 0. The van der Waals surface area contributed by atoms with Gasteiger partial charge in [0.15, 0.2) is 0 Å². The summed E-state index contributed by atoms with van der Waals surface area (Å²) in [7, 11) is 0. The van der Waals surface area contributed by atoms with Gasteiger partial charge >= 0.3 is 0 Å². The van der Waals surface area contributed by atoms with E-state index in [0.717, 1.165) is 56.6 Å². The molecule has 67 heavy (non-hydrogen) atoms. The monoisotopic (exact) mass is 856 g/mol. The summed E-state index contributed by atoms with van der Waals surface area (Å²) >= 11 is 0. The molecule has 1 aliphatic carbocycles. The third kappa shape index (κ3) is 5.60. The van der Waals surface area contributed by atoms with Crippen LogP contribution in [0, 0.1) is 0 Å². The Hall–Kier alpha value is -8.60. The quantitative estimate of drug-likeness (QED) is 0.175. The zero-order chi connectivity index (χ0) is 44.4. The Balaban J connectivity index is 1.01. The van der Waals surface area contributed by atoms with Crippen LogP contribution in [0.2, 0.25) is 0 Å². The van der Waals surface area contributed by atoms with Crippen molar-refractivity contribution in [3.63, 3.8) is 0 Å². The van der Waals surface area contributed by atoms with Crippen LogP contribution in [0.15, 0.2) is 231 Å². The van der Waals surface area contributed by atoms with E-state index in [1.807, 2.05) is 0 Å². The van der Waals surface area contributed by atoms with Crippen LogP contribution in [0.25, 0.3) is 77.2 Å². The molecule has 10 aromatic carbocycles. The fourth-order valence-electron chi connectivity index (χ4n) is 11.5. The van der Waals surface area contributed by atoms with Gasteiger partial charge in [-0.3, -0.25) is 0 Å². The van der Waals surface area contributed by atoms with Gasteiger partial charge in [-0.2, -0.15) is 0 Å². The Morgan fingerprint density at radius 3 is 1.09 bits per heavy atom. The molecule has 2 aromatic heterocycles. The first-order chi connectivity index (χ1) is 33.0. The Kier molecular flexibility index (Phi) is 8.00. The van der Waals surface area contributed by atoms with Crippen LogP contribution in [0.3, 0.4) is 0 Å². The maximum absolute atomic E-state index is 2.45. The second-order valence-electron chi connectivity index (χ2n) is 18.6. The van der Waals surface area contributed by atoms with Crippen LogP contribution >= 0.6 is 0 Å². The van der Waals surface area contributed by atoms with Crippen LogP contribution in [0.4, 0.5) is 34.1 Å². The Morgan fingerprint density at radius 1 is 0.269 bits per heavy atom. The van der Waals surface area contributed by atoms with E-state index >= 15 is 0 Å². The van der Waals surface area contributed by atoms with Gasteiger partial charge in [-0.05, 0) is 143 Å². The maximum Gasteiger partial charge on any atom is 0.0561 e. The molecule has 4 heteroatoms. The fourth-order valence-corrected chi connectivity index (χ4v) is 11.5. The van der Waals surface area contributed by atoms with Crippen molar-refractivity contribution in [1.82, 2.24) is 9.13 Å². The fraction of sp³-hybridized carbons (Fsp3) is 0.0476. The highest BCUT2D eigenvalue weighted by Gasteiger charge is 2.37. The first-order valence-electron chi connectivity index (χ1n) is 23.3. The van der Waals surface area contributed by atoms with Gasteiger partial charge in [0.25, 0.3) is 0 Å². The molecule has 4 nitrogen and oxygen atoms in total. The number of fused-ring (bicyclic) bond motifs is 13. The molecule has 12 aromatic rings. The van der Waals surface area contributed by atoms with Crippen molar-refractivity contribution in [2.75, 3.05) is 9.80 Å². The third-order valence-corrected chi connectivity index (χ3v) is 14.6. The van der Waals surface area contributed by atoms with Crippen molar-refractivity contribution in [2.24, 2.45) is 0 Å². The van der Waals surface area contributed by atoms with Gasteiger partial charge in [0.2, 0.25) is 0 Å². The van der Waals surface area contributed by atoms with E-state index in [0.29, 0.717) is 0 Å². The minimum Gasteiger partial charge on any atom is -0.310 e. The average Bonchev–Trinajstić information content (AvgIpc) is 3.96. The third-order valence-electron chi connectivity index (χ3n) is 14.6. The SMILES string of the molecule is CC1(C)c2ccc3cc2-c2cc(ccc21)N(c1ccc2c4ccccc4n(-c4ccccc4)c2c1)c1cccc(c1)-c1cccc(c1)N3c1ccc2c3ccccc3n(-c3ccccc3)c2c1. The summed E-state index contributed by atoms with van der Waals surface area (Å²) in [4.78, 5) is 4.90. The molecule has 3 heterocycles. The van der Waals surface area contributed by atoms with Crippen LogP contribution in [0.1, 0.15) is 25.0 Å². The first kappa shape index (κ1) is 37.7. The molecular weight excluding hydrogens is 813 g/mol. The average molecular weight is 857 g/mol. The Morgan fingerprint density at radius 2 is 0.627 bits per heavy atom. The molecule has 316 valence electrons. The lowest BCUT2D eigenvalue weighted by Crippen LogP contribution is -2.16. The summed E-state index contributed by atoms with van der Waals surface area (Å²) in [5.41, 5.74) is 21.0. The van der Waals surface area contributed by atoms with Gasteiger partial charge in [-0.25, -0.2) is 0 Å². The van der Waals surface area contributed by atoms with Crippen molar-refractivity contribution in [1.29, 1.82) is 0 Å². The highest BCUT2D eigenvalue weighted by atomic mass is 15.2. The molecule has 1 aliphatic heterocycles. The van der Waals surface area contributed by atoms with Crippen molar-refractivity contribution < 1.29 is 0 Å². The van der Waals surface area contributed by atoms with Crippen molar-refractivity contribution in [3.05, 3.63) is 242 Å². The summed E-state index contributed by atoms with van der Waals surface area (Å²) in [6.45, 7) is 4.75. The predicted molar refractivity (Wildman–Crippen MR) is 281 cm³/mol. The number of benzene rings is 10. The second kappa shape index (κ2) is 14.2. The molecule has 0 spiro atoms. The van der Waals surface area contributed by atoms with Gasteiger partial charge in [0.1, 0.15) is 0 Å². The van der Waals surface area contributed by atoms with Gasteiger partial charge in [0, 0.05) is 72.5 Å². The maximum atomic E-state index is 2.45. The number of hydrogen-bond acceptors (Lipinski definition) is 2. The van der Waals surface area contributed by atoms with E-state index in [1.165, 1.54) is 65.9 Å². The largest absolute Gasteiger partial charge is 0.310 e. The molecular formula is C63H44N4. The lowest BCUT2D eigenvalue weighted by molar-refractivity contribution is 0.660. The lowest BCUT2D eigenvalue weighted by atomic mass is 9.82. The van der Waals surface area contributed by atoms with Crippen LogP contribution in [-0.4, -0.2) is 9.13 Å². The minimum absolute atomic E-state index is 0.184. The lowest BCUT2D eigenvalue weighted by Gasteiger charge is -2.28. The van der Waals surface area contributed by atoms with E-state index in [4.69, 9.17) is 0 Å². The minimum atomic E-state index is -0.184. The standard InChI is InChI=1S/C63H44N4/c1-63(2)57-33-29-47-37-55(57)56-38-48(30-34-58(56)63)65(50-28-32-54-52-24-10-12-26-60(52)67(62(54)40-50)44-19-7-4-8-20-44)46-22-14-16-42(36-46)41-15-13-21-45(35-41)64(47)49-27-31-53-51-23-9-11-25-59(51)66(61(53)39-49)43-17-5-3-6-18-43/h3-40H,1-2H3. The molecule has 0 unspecified atom stereocenters. The van der Waals surface area contributed by atoms with Crippen molar-refractivity contribution in [3.8, 4) is 33.6 Å². The number of nitrogens with zero attached hydrogens (tertiary/aromatic N) is 4. The molecule has 0 saturated heterocycles. The highest BCUT2D eigenvalue weighted by molar-refractivity contribution is 6.12. The zero-order valence-corrected chi connectivity index (χ0v) is 37.2. The zero-order valence-electron chi connectivity index (χ0n) is 37.2. The molecule has 0 amide bonds. The van der Waals surface area contributed by atoms with Crippen molar-refractivity contribution >= 4 is 77.7 Å². The summed E-state index contributed by atoms with van der Waals surface area (Å²) in [6.07, 6.45) is 0. The Labute approximate surface area is 389 Å². The highest BCUT2D eigenvalue weighted by Crippen LogP contribution is 2.53. The van der Waals surface area contributed by atoms with E-state index in [9.17, 15) is 0 Å². The van der Waals surface area contributed by atoms with Crippen LogP contribution < -0.4 is 9.80 Å². The van der Waals surface area contributed by atoms with E-state index in [2.05, 4.69) is 263 Å². The van der Waals surface area contributed by atoms with E-state index < -0.39 is 0 Å². The predicted octanol–water partition coefficient (Wildman–Crippen LogP) is 17.1. The molecule has 0 atom stereocenters. The molecule has 0 radical (unpaired) electrons. The molecule has 0 N–H and O–H groups in total. The summed E-state index contributed by atoms with van der Waals surface area (Å²) in [5, 5.41) is 4.96. The van der Waals surface area contributed by atoms with E-state index in [-0.39, 0.29) is 5.41 Å². The van der Waals surface area contributed by atoms with Crippen LogP contribution in [-0.2, 0) is 5.41 Å². The molecule has 14 rings (SSSR count). The molecule has 8 bridgehead atoms. The number of anilines is 6. The van der Waals surface area contributed by atoms with E-state index in [1.54, 1.807) is 0 Å². The summed E-state index contributed by atoms with van der Waals surface area (Å²) < 4.78 is 4.82. The number of para-hydroxylation sites is 4. The van der Waals surface area contributed by atoms with Gasteiger partial charge in [-0.15, -0.1) is 0 Å².